The molecule has 1 rings (SSSR count). The van der Waals surface area contributed by atoms with Crippen molar-refractivity contribution in [3.8, 4) is 0 Å². The Bertz CT molecular complexity index is 484. The fourth-order valence-corrected chi connectivity index (χ4v) is 2.35. The van der Waals surface area contributed by atoms with Gasteiger partial charge in [0.25, 0.3) is 5.91 Å². The van der Waals surface area contributed by atoms with Crippen LogP contribution in [0.4, 0.5) is 0 Å². The molecule has 0 fully saturated rings. The lowest BCUT2D eigenvalue weighted by Crippen LogP contribution is -2.35. The van der Waals surface area contributed by atoms with E-state index in [0.717, 1.165) is 16.9 Å². The number of amides is 1. The zero-order valence-corrected chi connectivity index (χ0v) is 12.5. The van der Waals surface area contributed by atoms with Gasteiger partial charge in [0.05, 0.1) is 4.34 Å². The Kier molecular flexibility index (Phi) is 6.05. The summed E-state index contributed by atoms with van der Waals surface area (Å²) in [6.07, 6.45) is 0. The van der Waals surface area contributed by atoms with E-state index in [0.29, 0.717) is 22.3 Å². The SMILES string of the molecule is C=C(C)CN(CC)C(=O)COC(=O)c1ccc(Cl)s1. The van der Waals surface area contributed by atoms with Crippen molar-refractivity contribution in [3.05, 3.63) is 33.5 Å². The monoisotopic (exact) mass is 301 g/mol. The fraction of sp³-hybridized carbons (Fsp3) is 0.385. The van der Waals surface area contributed by atoms with Gasteiger partial charge in [0.15, 0.2) is 6.61 Å². The first kappa shape index (κ1) is 15.7. The molecular weight excluding hydrogens is 286 g/mol. The summed E-state index contributed by atoms with van der Waals surface area (Å²) in [5, 5.41) is 0. The molecule has 0 aromatic carbocycles. The molecule has 0 bridgehead atoms. The number of esters is 1. The standard InChI is InChI=1S/C13H16ClNO3S/c1-4-15(7-9(2)3)12(16)8-18-13(17)10-5-6-11(14)19-10/h5-6H,2,4,7-8H2,1,3H3. The average Bonchev–Trinajstić information content (AvgIpc) is 2.79. The third-order valence-electron chi connectivity index (χ3n) is 2.30. The van der Waals surface area contributed by atoms with Gasteiger partial charge in [0.2, 0.25) is 0 Å². The van der Waals surface area contributed by atoms with Gasteiger partial charge in [0, 0.05) is 13.1 Å². The van der Waals surface area contributed by atoms with Crippen LogP contribution in [0.25, 0.3) is 0 Å². The van der Waals surface area contributed by atoms with Gasteiger partial charge < -0.3 is 9.64 Å². The van der Waals surface area contributed by atoms with Crippen molar-refractivity contribution in [1.29, 1.82) is 0 Å². The molecule has 0 unspecified atom stereocenters. The summed E-state index contributed by atoms with van der Waals surface area (Å²) >= 11 is 6.85. The first-order valence-corrected chi connectivity index (χ1v) is 6.98. The van der Waals surface area contributed by atoms with E-state index in [-0.39, 0.29) is 12.5 Å². The third-order valence-corrected chi connectivity index (χ3v) is 3.51. The van der Waals surface area contributed by atoms with Crippen LogP contribution < -0.4 is 0 Å². The van der Waals surface area contributed by atoms with Gasteiger partial charge in [-0.1, -0.05) is 23.8 Å². The van der Waals surface area contributed by atoms with Gasteiger partial charge in [-0.05, 0) is 26.0 Å². The number of rotatable bonds is 6. The van der Waals surface area contributed by atoms with E-state index in [1.807, 2.05) is 13.8 Å². The molecule has 4 nitrogen and oxygen atoms in total. The molecule has 0 spiro atoms. The maximum Gasteiger partial charge on any atom is 0.348 e. The van der Waals surface area contributed by atoms with Gasteiger partial charge in [-0.25, -0.2) is 4.79 Å². The highest BCUT2D eigenvalue weighted by Gasteiger charge is 2.16. The third kappa shape index (κ3) is 5.04. The predicted octanol–water partition coefficient (Wildman–Crippen LogP) is 2.98. The van der Waals surface area contributed by atoms with Crippen molar-refractivity contribution in [2.24, 2.45) is 0 Å². The van der Waals surface area contributed by atoms with Crippen LogP contribution >= 0.6 is 22.9 Å². The van der Waals surface area contributed by atoms with Crippen LogP contribution in [0.3, 0.4) is 0 Å². The smallest absolute Gasteiger partial charge is 0.348 e. The van der Waals surface area contributed by atoms with Gasteiger partial charge >= 0.3 is 5.97 Å². The molecule has 0 saturated carbocycles. The highest BCUT2D eigenvalue weighted by atomic mass is 35.5. The number of hydrogen-bond donors (Lipinski definition) is 0. The molecule has 0 aliphatic heterocycles. The Morgan fingerprint density at radius 3 is 2.63 bits per heavy atom. The maximum atomic E-state index is 11.8. The molecule has 1 amide bonds. The van der Waals surface area contributed by atoms with Crippen molar-refractivity contribution in [3.63, 3.8) is 0 Å². The Morgan fingerprint density at radius 2 is 2.16 bits per heavy atom. The zero-order chi connectivity index (χ0) is 14.4. The average molecular weight is 302 g/mol. The van der Waals surface area contributed by atoms with Crippen molar-refractivity contribution in [2.45, 2.75) is 13.8 Å². The second-order valence-corrected chi connectivity index (χ2v) is 5.76. The second kappa shape index (κ2) is 7.31. The predicted molar refractivity (Wildman–Crippen MR) is 76.7 cm³/mol. The Labute approximate surface area is 121 Å². The zero-order valence-electron chi connectivity index (χ0n) is 10.9. The Hall–Kier alpha value is -1.33. The van der Waals surface area contributed by atoms with Gasteiger partial charge in [-0.3, -0.25) is 4.79 Å². The Balaban J connectivity index is 2.49. The van der Waals surface area contributed by atoms with Crippen LogP contribution in [0.5, 0.6) is 0 Å². The number of carbonyl (C=O) groups is 2. The summed E-state index contributed by atoms with van der Waals surface area (Å²) < 4.78 is 5.47. The molecule has 1 aromatic heterocycles. The molecule has 6 heteroatoms. The molecule has 0 N–H and O–H groups in total. The summed E-state index contributed by atoms with van der Waals surface area (Å²) in [7, 11) is 0. The van der Waals surface area contributed by atoms with E-state index < -0.39 is 5.97 Å². The number of thiophene rings is 1. The lowest BCUT2D eigenvalue weighted by Gasteiger charge is -2.20. The van der Waals surface area contributed by atoms with Crippen LogP contribution in [-0.2, 0) is 9.53 Å². The second-order valence-electron chi connectivity index (χ2n) is 4.04. The van der Waals surface area contributed by atoms with Crippen molar-refractivity contribution in [2.75, 3.05) is 19.7 Å². The quantitative estimate of drug-likeness (QED) is 0.599. The summed E-state index contributed by atoms with van der Waals surface area (Å²) in [6, 6.07) is 3.19. The van der Waals surface area contributed by atoms with Crippen molar-refractivity contribution in [1.82, 2.24) is 4.90 Å². The van der Waals surface area contributed by atoms with Crippen LogP contribution in [0.15, 0.2) is 24.3 Å². The summed E-state index contributed by atoms with van der Waals surface area (Å²) in [5.74, 6) is -0.766. The molecule has 104 valence electrons. The number of likely N-dealkylation sites (N-methyl/N-ethyl adjacent to an activating group) is 1. The lowest BCUT2D eigenvalue weighted by molar-refractivity contribution is -0.133. The number of carbonyl (C=O) groups excluding carboxylic acids is 2. The van der Waals surface area contributed by atoms with E-state index in [2.05, 4.69) is 6.58 Å². The minimum atomic E-state index is -0.531. The van der Waals surface area contributed by atoms with Gasteiger partial charge in [0.1, 0.15) is 4.88 Å². The summed E-state index contributed by atoms with van der Waals surface area (Å²) in [6.45, 7) is 8.21. The van der Waals surface area contributed by atoms with Crippen molar-refractivity contribution >= 4 is 34.8 Å². The summed E-state index contributed by atoms with van der Waals surface area (Å²) in [4.78, 5) is 25.4. The largest absolute Gasteiger partial charge is 0.451 e. The molecular formula is C13H16ClNO3S. The van der Waals surface area contributed by atoms with Crippen LogP contribution in [0.1, 0.15) is 23.5 Å². The highest BCUT2D eigenvalue weighted by Crippen LogP contribution is 2.21. The van der Waals surface area contributed by atoms with Crippen LogP contribution in [0, 0.1) is 0 Å². The number of hydrogen-bond acceptors (Lipinski definition) is 4. The molecule has 0 saturated heterocycles. The minimum Gasteiger partial charge on any atom is -0.451 e. The van der Waals surface area contributed by atoms with Gasteiger partial charge in [-0.2, -0.15) is 0 Å². The first-order valence-electron chi connectivity index (χ1n) is 5.78. The van der Waals surface area contributed by atoms with Crippen LogP contribution in [-0.4, -0.2) is 36.5 Å². The van der Waals surface area contributed by atoms with E-state index >= 15 is 0 Å². The van der Waals surface area contributed by atoms with E-state index in [1.54, 1.807) is 17.0 Å². The number of nitrogens with zero attached hydrogens (tertiary/aromatic N) is 1. The Morgan fingerprint density at radius 1 is 1.47 bits per heavy atom. The molecule has 1 aromatic rings. The molecule has 0 radical (unpaired) electrons. The number of ether oxygens (including phenoxy) is 1. The molecule has 0 aliphatic carbocycles. The van der Waals surface area contributed by atoms with E-state index in [4.69, 9.17) is 16.3 Å². The fourth-order valence-electron chi connectivity index (χ4n) is 1.42. The van der Waals surface area contributed by atoms with E-state index in [1.165, 1.54) is 0 Å². The summed E-state index contributed by atoms with van der Waals surface area (Å²) in [5.41, 5.74) is 0.881. The first-order chi connectivity index (χ1) is 8.93. The van der Waals surface area contributed by atoms with Crippen molar-refractivity contribution < 1.29 is 14.3 Å². The maximum absolute atomic E-state index is 11.8. The lowest BCUT2D eigenvalue weighted by atomic mass is 10.3. The molecule has 19 heavy (non-hydrogen) atoms. The highest BCUT2D eigenvalue weighted by molar-refractivity contribution is 7.17. The number of halogens is 1. The van der Waals surface area contributed by atoms with E-state index in [9.17, 15) is 9.59 Å². The minimum absolute atomic E-state index is 0.235. The normalized spacial score (nSPS) is 10.1. The van der Waals surface area contributed by atoms with Gasteiger partial charge in [-0.15, -0.1) is 11.3 Å². The van der Waals surface area contributed by atoms with Crippen LogP contribution in [0.2, 0.25) is 4.34 Å². The topological polar surface area (TPSA) is 46.6 Å². The molecule has 1 heterocycles. The molecule has 0 aliphatic rings. The molecule has 0 atom stereocenters.